The Morgan fingerprint density at radius 3 is 2.79 bits per heavy atom. The largest absolute Gasteiger partial charge is 0.504 e. The predicted octanol–water partition coefficient (Wildman–Crippen LogP) is 2.03. The minimum absolute atomic E-state index is 0.246. The fourth-order valence-electron chi connectivity index (χ4n) is 1.68. The van der Waals surface area contributed by atoms with Gasteiger partial charge < -0.3 is 15.5 Å². The highest BCUT2D eigenvalue weighted by Gasteiger charge is 2.10. The monoisotopic (exact) mass is 261 g/mol. The summed E-state index contributed by atoms with van der Waals surface area (Å²) in [6, 6.07) is 5.65. The van der Waals surface area contributed by atoms with E-state index < -0.39 is 5.91 Å². The molecular formula is C13H15N3O3. The maximum atomic E-state index is 11.9. The molecule has 2 aromatic rings. The van der Waals surface area contributed by atoms with Gasteiger partial charge in [0.05, 0.1) is 0 Å². The summed E-state index contributed by atoms with van der Waals surface area (Å²) < 4.78 is 0. The van der Waals surface area contributed by atoms with E-state index in [4.69, 9.17) is 0 Å². The molecule has 1 aromatic heterocycles. The first-order valence-electron chi connectivity index (χ1n) is 5.97. The Labute approximate surface area is 110 Å². The van der Waals surface area contributed by atoms with Gasteiger partial charge in [0.2, 0.25) is 0 Å². The van der Waals surface area contributed by atoms with Gasteiger partial charge in [-0.2, -0.15) is 5.10 Å². The molecule has 19 heavy (non-hydrogen) atoms. The van der Waals surface area contributed by atoms with Gasteiger partial charge in [-0.25, -0.2) is 0 Å². The van der Waals surface area contributed by atoms with Gasteiger partial charge >= 0.3 is 0 Å². The van der Waals surface area contributed by atoms with Crippen molar-refractivity contribution in [1.29, 1.82) is 0 Å². The number of aromatic nitrogens is 2. The fraction of sp³-hybridized carbons (Fsp3) is 0.231. The number of aromatic amines is 1. The summed E-state index contributed by atoms with van der Waals surface area (Å²) in [7, 11) is 0. The third-order valence-electron chi connectivity index (χ3n) is 2.63. The van der Waals surface area contributed by atoms with Crippen LogP contribution in [0, 0.1) is 0 Å². The minimum Gasteiger partial charge on any atom is -0.504 e. The van der Waals surface area contributed by atoms with Gasteiger partial charge in [0.25, 0.3) is 5.91 Å². The summed E-state index contributed by atoms with van der Waals surface area (Å²) in [4.78, 5) is 11.9. The van der Waals surface area contributed by atoms with E-state index >= 15 is 0 Å². The lowest BCUT2D eigenvalue weighted by Gasteiger charge is -2.03. The first kappa shape index (κ1) is 12.9. The number of nitrogens with zero attached hydrogens (tertiary/aromatic N) is 1. The fourth-order valence-corrected chi connectivity index (χ4v) is 1.68. The molecule has 0 unspecified atom stereocenters. The van der Waals surface area contributed by atoms with Crippen LogP contribution in [-0.2, 0) is 6.42 Å². The average Bonchev–Trinajstić information content (AvgIpc) is 2.80. The summed E-state index contributed by atoms with van der Waals surface area (Å²) in [5.41, 5.74) is 1.20. The molecule has 0 aliphatic rings. The van der Waals surface area contributed by atoms with Crippen LogP contribution in [0.5, 0.6) is 11.5 Å². The van der Waals surface area contributed by atoms with Crippen molar-refractivity contribution >= 4 is 11.7 Å². The lowest BCUT2D eigenvalue weighted by Crippen LogP contribution is -2.11. The van der Waals surface area contributed by atoms with E-state index in [9.17, 15) is 15.0 Å². The number of phenols is 2. The van der Waals surface area contributed by atoms with Crippen LogP contribution >= 0.6 is 0 Å². The number of phenolic OH excluding ortho intramolecular Hbond substituents is 2. The van der Waals surface area contributed by atoms with E-state index in [1.165, 1.54) is 18.2 Å². The van der Waals surface area contributed by atoms with Crippen molar-refractivity contribution in [1.82, 2.24) is 10.2 Å². The van der Waals surface area contributed by atoms with Gasteiger partial charge in [0.1, 0.15) is 0 Å². The Morgan fingerprint density at radius 2 is 2.11 bits per heavy atom. The molecule has 1 heterocycles. The molecular weight excluding hydrogens is 246 g/mol. The highest BCUT2D eigenvalue weighted by atomic mass is 16.3. The molecule has 1 aromatic carbocycles. The average molecular weight is 261 g/mol. The molecule has 6 nitrogen and oxygen atoms in total. The van der Waals surface area contributed by atoms with Crippen molar-refractivity contribution in [2.75, 3.05) is 5.32 Å². The molecule has 100 valence electrons. The zero-order valence-electron chi connectivity index (χ0n) is 10.5. The number of carbonyl (C=O) groups excluding carboxylic acids is 1. The first-order valence-corrected chi connectivity index (χ1v) is 5.97. The van der Waals surface area contributed by atoms with Crippen LogP contribution < -0.4 is 5.32 Å². The van der Waals surface area contributed by atoms with Crippen molar-refractivity contribution in [3.8, 4) is 11.5 Å². The van der Waals surface area contributed by atoms with Crippen molar-refractivity contribution in [2.45, 2.75) is 19.8 Å². The number of anilines is 1. The molecule has 6 heteroatoms. The van der Waals surface area contributed by atoms with E-state index in [0.29, 0.717) is 5.82 Å². The first-order chi connectivity index (χ1) is 9.10. The second kappa shape index (κ2) is 5.43. The number of amides is 1. The smallest absolute Gasteiger partial charge is 0.257 e. The summed E-state index contributed by atoms with van der Waals surface area (Å²) in [5, 5.41) is 27.9. The lowest BCUT2D eigenvalue weighted by molar-refractivity contribution is 0.102. The molecule has 0 spiro atoms. The minimum atomic E-state index is -0.398. The second-order valence-electron chi connectivity index (χ2n) is 4.19. The van der Waals surface area contributed by atoms with E-state index in [2.05, 4.69) is 22.4 Å². The van der Waals surface area contributed by atoms with Crippen LogP contribution in [0.4, 0.5) is 5.82 Å². The number of carbonyl (C=O) groups is 1. The number of nitrogens with one attached hydrogen (secondary N) is 2. The highest BCUT2D eigenvalue weighted by molar-refractivity contribution is 6.04. The number of hydrogen-bond acceptors (Lipinski definition) is 4. The molecule has 0 bridgehead atoms. The Morgan fingerprint density at radius 1 is 1.32 bits per heavy atom. The maximum Gasteiger partial charge on any atom is 0.257 e. The predicted molar refractivity (Wildman–Crippen MR) is 70.3 cm³/mol. The Hall–Kier alpha value is -2.50. The summed E-state index contributed by atoms with van der Waals surface area (Å²) in [6.45, 7) is 2.05. The van der Waals surface area contributed by atoms with E-state index in [-0.39, 0.29) is 17.1 Å². The molecule has 0 saturated heterocycles. The number of rotatable bonds is 4. The molecule has 0 atom stereocenters. The van der Waals surface area contributed by atoms with E-state index in [1.807, 2.05) is 0 Å². The van der Waals surface area contributed by atoms with Crippen molar-refractivity contribution in [2.24, 2.45) is 0 Å². The Bertz CT molecular complexity index is 593. The molecule has 0 fully saturated rings. The van der Waals surface area contributed by atoms with Crippen LogP contribution in [0.25, 0.3) is 0 Å². The molecule has 0 aliphatic heterocycles. The number of benzene rings is 1. The third kappa shape index (κ3) is 3.04. The van der Waals surface area contributed by atoms with Crippen LogP contribution in [0.2, 0.25) is 0 Å². The van der Waals surface area contributed by atoms with Gasteiger partial charge in [-0.05, 0) is 24.6 Å². The number of aromatic hydroxyl groups is 2. The Kier molecular flexibility index (Phi) is 3.70. The van der Waals surface area contributed by atoms with Gasteiger partial charge in [0, 0.05) is 17.3 Å². The van der Waals surface area contributed by atoms with Crippen LogP contribution in [0.15, 0.2) is 24.3 Å². The zero-order chi connectivity index (χ0) is 13.8. The molecule has 0 aliphatic carbocycles. The number of H-pyrrole nitrogens is 1. The van der Waals surface area contributed by atoms with Crippen molar-refractivity contribution < 1.29 is 15.0 Å². The molecule has 2 rings (SSSR count). The number of hydrogen-bond donors (Lipinski definition) is 4. The van der Waals surface area contributed by atoms with Gasteiger partial charge in [-0.3, -0.25) is 9.89 Å². The lowest BCUT2D eigenvalue weighted by atomic mass is 10.2. The van der Waals surface area contributed by atoms with Gasteiger partial charge in [-0.15, -0.1) is 0 Å². The SMILES string of the molecule is CCCc1cc(NC(=O)c2ccc(O)c(O)c2)n[nH]1. The normalized spacial score (nSPS) is 10.4. The topological polar surface area (TPSA) is 98.2 Å². The van der Waals surface area contributed by atoms with Crippen molar-refractivity contribution in [3.05, 3.63) is 35.5 Å². The highest BCUT2D eigenvalue weighted by Crippen LogP contribution is 2.25. The zero-order valence-corrected chi connectivity index (χ0v) is 10.5. The van der Waals surface area contributed by atoms with Crippen molar-refractivity contribution in [3.63, 3.8) is 0 Å². The molecule has 0 radical (unpaired) electrons. The van der Waals surface area contributed by atoms with Crippen LogP contribution in [0.3, 0.4) is 0 Å². The van der Waals surface area contributed by atoms with E-state index in [1.54, 1.807) is 6.07 Å². The molecule has 0 saturated carbocycles. The quantitative estimate of drug-likeness (QED) is 0.633. The second-order valence-corrected chi connectivity index (χ2v) is 4.19. The van der Waals surface area contributed by atoms with E-state index in [0.717, 1.165) is 18.5 Å². The van der Waals surface area contributed by atoms with Crippen LogP contribution in [-0.4, -0.2) is 26.3 Å². The summed E-state index contributed by atoms with van der Waals surface area (Å²) in [6.07, 6.45) is 1.85. The number of aryl methyl sites for hydroxylation is 1. The maximum absolute atomic E-state index is 11.9. The molecule has 1 amide bonds. The van der Waals surface area contributed by atoms with Crippen LogP contribution in [0.1, 0.15) is 29.4 Å². The van der Waals surface area contributed by atoms with Gasteiger partial charge in [0.15, 0.2) is 17.3 Å². The third-order valence-corrected chi connectivity index (χ3v) is 2.63. The molecule has 4 N–H and O–H groups in total. The standard InChI is InChI=1S/C13H15N3O3/c1-2-3-9-7-12(16-15-9)14-13(19)8-4-5-10(17)11(18)6-8/h4-7,17-18H,2-3H2,1H3,(H2,14,15,16,19). The Balaban J connectivity index is 2.09. The summed E-state index contributed by atoms with van der Waals surface area (Å²) in [5.74, 6) is -0.561. The van der Waals surface area contributed by atoms with Gasteiger partial charge in [-0.1, -0.05) is 13.3 Å². The summed E-state index contributed by atoms with van der Waals surface area (Å²) >= 11 is 0.